The highest BCUT2D eigenvalue weighted by Crippen LogP contribution is 2.62. The van der Waals surface area contributed by atoms with E-state index < -0.39 is 33.2 Å². The van der Waals surface area contributed by atoms with Gasteiger partial charge in [0.15, 0.2) is 11.5 Å². The Kier molecular flexibility index (Phi) is 1.40. The van der Waals surface area contributed by atoms with Crippen LogP contribution in [0.2, 0.25) is 0 Å². The normalized spacial score (nSPS) is 29.5. The van der Waals surface area contributed by atoms with Gasteiger partial charge in [0.05, 0.1) is 0 Å². The summed E-state index contributed by atoms with van der Waals surface area (Å²) >= 11 is 0. The lowest BCUT2D eigenvalue weighted by Crippen LogP contribution is -2.47. The molecule has 1 unspecified atom stereocenters. The van der Waals surface area contributed by atoms with E-state index in [1.165, 1.54) is 6.92 Å². The Hall–Kier alpha value is -1.18. The Morgan fingerprint density at radius 1 is 1.38 bits per heavy atom. The molecule has 2 aliphatic rings. The summed E-state index contributed by atoms with van der Waals surface area (Å²) in [6, 6.07) is 0. The Morgan fingerprint density at radius 3 is 2.50 bits per heavy atom. The molecule has 1 atom stereocenters. The third kappa shape index (κ3) is 0.751. The molecule has 0 fully saturated rings. The molecule has 16 heavy (non-hydrogen) atoms. The summed E-state index contributed by atoms with van der Waals surface area (Å²) in [6.45, 7) is 1.47. The van der Waals surface area contributed by atoms with Crippen LogP contribution in [0.1, 0.15) is 17.1 Å². The molecule has 2 aliphatic heterocycles. The molecule has 0 aliphatic carbocycles. The molecule has 0 spiro atoms. The van der Waals surface area contributed by atoms with Crippen LogP contribution in [0.5, 0.6) is 5.75 Å². The summed E-state index contributed by atoms with van der Waals surface area (Å²) in [6.07, 6.45) is -5.66. The predicted molar refractivity (Wildman–Crippen MR) is 44.4 cm³/mol. The lowest BCUT2D eigenvalue weighted by atomic mass is 9.93. The van der Waals surface area contributed by atoms with Crippen molar-refractivity contribution >= 4 is 10.1 Å². The zero-order valence-electron chi connectivity index (χ0n) is 7.88. The van der Waals surface area contributed by atoms with Crippen LogP contribution in [-0.2, 0) is 21.3 Å². The zero-order chi connectivity index (χ0) is 11.9. The quantitative estimate of drug-likeness (QED) is 0.660. The van der Waals surface area contributed by atoms with Crippen LogP contribution < -0.4 is 4.18 Å². The first-order valence-corrected chi connectivity index (χ1v) is 5.75. The summed E-state index contributed by atoms with van der Waals surface area (Å²) in [5.74, 6) is -0.880. The van der Waals surface area contributed by atoms with E-state index in [-0.39, 0.29) is 11.5 Å². The van der Waals surface area contributed by atoms with Crippen molar-refractivity contribution in [3.05, 3.63) is 17.1 Å². The molecule has 1 aromatic heterocycles. The van der Waals surface area contributed by atoms with E-state index in [1.807, 2.05) is 0 Å². The average Bonchev–Trinajstić information content (AvgIpc) is 2.66. The first-order valence-electron chi connectivity index (χ1n) is 4.34. The SMILES string of the molecule is Cc1c2oc3c1OS(=O)(=O)C3(C(F)(F)F)C2. The van der Waals surface area contributed by atoms with Crippen molar-refractivity contribution < 1.29 is 30.2 Å². The largest absolute Gasteiger partial charge is 0.459 e. The van der Waals surface area contributed by atoms with E-state index in [0.29, 0.717) is 5.56 Å². The van der Waals surface area contributed by atoms with E-state index in [2.05, 4.69) is 4.18 Å². The maximum atomic E-state index is 12.9. The molecular formula is C8H5F3O4S. The predicted octanol–water partition coefficient (Wildman–Crippen LogP) is 1.62. The van der Waals surface area contributed by atoms with Gasteiger partial charge in [-0.1, -0.05) is 0 Å². The van der Waals surface area contributed by atoms with Crippen LogP contribution in [0.4, 0.5) is 13.2 Å². The molecular weight excluding hydrogens is 249 g/mol. The van der Waals surface area contributed by atoms with E-state index >= 15 is 0 Å². The Bertz CT molecular complexity index is 598. The average molecular weight is 254 g/mol. The fourth-order valence-corrected chi connectivity index (χ4v) is 3.65. The molecule has 88 valence electrons. The molecule has 0 radical (unpaired) electrons. The minimum Gasteiger partial charge on any atom is -0.459 e. The number of rotatable bonds is 0. The molecule has 1 aromatic rings. The number of alkyl halides is 3. The topological polar surface area (TPSA) is 56.5 Å². The van der Waals surface area contributed by atoms with Gasteiger partial charge in [0.1, 0.15) is 5.76 Å². The van der Waals surface area contributed by atoms with Crippen LogP contribution in [0.25, 0.3) is 0 Å². The van der Waals surface area contributed by atoms with Crippen molar-refractivity contribution in [2.75, 3.05) is 0 Å². The van der Waals surface area contributed by atoms with Gasteiger partial charge in [-0.2, -0.15) is 21.6 Å². The summed E-state index contributed by atoms with van der Waals surface area (Å²) in [7, 11) is -4.75. The van der Waals surface area contributed by atoms with Crippen LogP contribution in [-0.4, -0.2) is 14.6 Å². The van der Waals surface area contributed by atoms with Crippen LogP contribution in [0, 0.1) is 6.92 Å². The van der Waals surface area contributed by atoms with Crippen molar-refractivity contribution in [2.24, 2.45) is 0 Å². The second kappa shape index (κ2) is 2.24. The van der Waals surface area contributed by atoms with Crippen molar-refractivity contribution in [2.45, 2.75) is 24.3 Å². The molecule has 0 saturated heterocycles. The molecule has 3 heterocycles. The fourth-order valence-electron chi connectivity index (χ4n) is 2.14. The van der Waals surface area contributed by atoms with E-state index in [4.69, 9.17) is 4.42 Å². The number of furan rings is 1. The van der Waals surface area contributed by atoms with Gasteiger partial charge in [-0.05, 0) is 6.92 Å². The van der Waals surface area contributed by atoms with Crippen molar-refractivity contribution in [3.63, 3.8) is 0 Å². The standard InChI is InChI=1S/C8H5F3O4S/c1-3-4-2-7(8(9,10)11)6(14-4)5(3)15-16(7,12)13/h2H2,1H3. The lowest BCUT2D eigenvalue weighted by Gasteiger charge is -2.23. The third-order valence-electron chi connectivity index (χ3n) is 3.04. The van der Waals surface area contributed by atoms with Gasteiger partial charge in [-0.25, -0.2) is 0 Å². The van der Waals surface area contributed by atoms with Gasteiger partial charge in [-0.3, -0.25) is 0 Å². The molecule has 0 saturated carbocycles. The smallest absolute Gasteiger partial charge is 0.419 e. The maximum absolute atomic E-state index is 12.9. The summed E-state index contributed by atoms with van der Waals surface area (Å²) in [5, 5.41) is 0. The fraction of sp³-hybridized carbons (Fsp3) is 0.500. The van der Waals surface area contributed by atoms with Gasteiger partial charge >= 0.3 is 16.3 Å². The van der Waals surface area contributed by atoms with Gasteiger partial charge in [0, 0.05) is 12.0 Å². The molecule has 0 aromatic carbocycles. The van der Waals surface area contributed by atoms with Crippen molar-refractivity contribution in [1.29, 1.82) is 0 Å². The lowest BCUT2D eigenvalue weighted by molar-refractivity contribution is -0.164. The van der Waals surface area contributed by atoms with Crippen LogP contribution in [0.15, 0.2) is 4.42 Å². The van der Waals surface area contributed by atoms with Gasteiger partial charge < -0.3 is 8.60 Å². The summed E-state index contributed by atoms with van der Waals surface area (Å²) in [4.78, 5) is 0. The van der Waals surface area contributed by atoms with E-state index in [1.54, 1.807) is 0 Å². The Morgan fingerprint density at radius 2 is 2.00 bits per heavy atom. The van der Waals surface area contributed by atoms with Gasteiger partial charge in [0.25, 0.3) is 4.75 Å². The highest BCUT2D eigenvalue weighted by Gasteiger charge is 2.76. The second-order valence-electron chi connectivity index (χ2n) is 3.85. The maximum Gasteiger partial charge on any atom is 0.419 e. The first kappa shape index (κ1) is 10.0. The Balaban J connectivity index is 2.39. The van der Waals surface area contributed by atoms with Crippen LogP contribution in [0.3, 0.4) is 0 Å². The molecule has 2 bridgehead atoms. The number of halogens is 3. The van der Waals surface area contributed by atoms with Gasteiger partial charge in [0.2, 0.25) is 0 Å². The molecule has 0 amide bonds. The summed E-state index contributed by atoms with van der Waals surface area (Å²) < 4.78 is 68.1. The first-order chi connectivity index (χ1) is 7.21. The number of hydrogen-bond acceptors (Lipinski definition) is 4. The molecule has 0 N–H and O–H groups in total. The second-order valence-corrected chi connectivity index (χ2v) is 5.62. The highest BCUT2D eigenvalue weighted by molar-refractivity contribution is 7.88. The van der Waals surface area contributed by atoms with E-state index in [0.717, 1.165) is 0 Å². The van der Waals surface area contributed by atoms with Gasteiger partial charge in [-0.15, -0.1) is 0 Å². The molecule has 4 nitrogen and oxygen atoms in total. The minimum absolute atomic E-state index is 0.0309. The minimum atomic E-state index is -4.94. The van der Waals surface area contributed by atoms with Crippen molar-refractivity contribution in [1.82, 2.24) is 0 Å². The monoisotopic (exact) mass is 254 g/mol. The van der Waals surface area contributed by atoms with Crippen molar-refractivity contribution in [3.8, 4) is 5.75 Å². The van der Waals surface area contributed by atoms with E-state index in [9.17, 15) is 21.6 Å². The summed E-state index contributed by atoms with van der Waals surface area (Å²) in [5.41, 5.74) is 0.330. The third-order valence-corrected chi connectivity index (χ3v) is 4.85. The number of hydrogen-bond donors (Lipinski definition) is 0. The van der Waals surface area contributed by atoms with Crippen LogP contribution >= 0.6 is 0 Å². The molecule has 3 rings (SSSR count). The molecule has 8 heteroatoms. The number of fused-ring (bicyclic) bond motifs is 1. The Labute approximate surface area is 88.1 Å². The highest BCUT2D eigenvalue weighted by atomic mass is 32.2. The zero-order valence-corrected chi connectivity index (χ0v) is 8.70.